The number of hydrogen-bond donors (Lipinski definition) is 3. The fourth-order valence-corrected chi connectivity index (χ4v) is 2.37. The van der Waals surface area contributed by atoms with Crippen LogP contribution in [0.15, 0.2) is 24.3 Å². The molecule has 26 heavy (non-hydrogen) atoms. The first kappa shape index (κ1) is 21.5. The Bertz CT molecular complexity index is 599. The van der Waals surface area contributed by atoms with Crippen LogP contribution in [0.1, 0.15) is 45.6 Å². The zero-order chi connectivity index (χ0) is 19.5. The van der Waals surface area contributed by atoms with Crippen LogP contribution in [0, 0.1) is 5.92 Å². The molecule has 0 aliphatic carbocycles. The van der Waals surface area contributed by atoms with E-state index in [0.717, 1.165) is 17.7 Å². The van der Waals surface area contributed by atoms with Gasteiger partial charge < -0.3 is 20.7 Å². The Morgan fingerprint density at radius 1 is 1.12 bits per heavy atom. The molecule has 0 aromatic heterocycles. The first-order valence-electron chi connectivity index (χ1n) is 8.86. The van der Waals surface area contributed by atoms with E-state index in [4.69, 9.17) is 0 Å². The van der Waals surface area contributed by atoms with E-state index in [-0.39, 0.29) is 17.7 Å². The van der Waals surface area contributed by atoms with Crippen molar-refractivity contribution in [1.82, 2.24) is 10.6 Å². The Hall–Kier alpha value is -2.57. The Morgan fingerprint density at radius 2 is 1.77 bits per heavy atom. The summed E-state index contributed by atoms with van der Waals surface area (Å²) in [7, 11) is 1.26. The molecular weight excluding hydrogens is 334 g/mol. The highest BCUT2D eigenvalue weighted by Gasteiger charge is 2.21. The van der Waals surface area contributed by atoms with Crippen molar-refractivity contribution in [3.63, 3.8) is 0 Å². The van der Waals surface area contributed by atoms with E-state index in [1.54, 1.807) is 12.1 Å². The molecule has 0 aliphatic heterocycles. The highest BCUT2D eigenvalue weighted by Crippen LogP contribution is 2.11. The van der Waals surface area contributed by atoms with Crippen LogP contribution in [-0.2, 0) is 20.9 Å². The van der Waals surface area contributed by atoms with Gasteiger partial charge in [0.15, 0.2) is 0 Å². The number of ether oxygens (including phenoxy) is 1. The number of methoxy groups -OCH3 is 1. The van der Waals surface area contributed by atoms with Gasteiger partial charge in [0.05, 0.1) is 7.11 Å². The third-order valence-electron chi connectivity index (χ3n) is 3.68. The van der Waals surface area contributed by atoms with Gasteiger partial charge in [-0.1, -0.05) is 32.9 Å². The molecule has 0 spiro atoms. The van der Waals surface area contributed by atoms with Crippen LogP contribution in [0.25, 0.3) is 0 Å². The normalized spacial score (nSPS) is 11.6. The second-order valence-electron chi connectivity index (χ2n) is 6.53. The minimum absolute atomic E-state index is 0.0148. The van der Waals surface area contributed by atoms with Gasteiger partial charge in [-0.05, 0) is 36.5 Å². The van der Waals surface area contributed by atoms with Gasteiger partial charge in [-0.25, -0.2) is 4.79 Å². The SMILES string of the molecule is CCCC(=O)Nc1ccc(CNC(=O)C(CC(C)C)NC(=O)OC)cc1. The van der Waals surface area contributed by atoms with E-state index in [2.05, 4.69) is 20.7 Å². The van der Waals surface area contributed by atoms with Crippen LogP contribution < -0.4 is 16.0 Å². The molecule has 1 aromatic carbocycles. The Morgan fingerprint density at radius 3 is 2.31 bits per heavy atom. The predicted octanol–water partition coefficient (Wildman–Crippen LogP) is 2.81. The van der Waals surface area contributed by atoms with E-state index < -0.39 is 12.1 Å². The summed E-state index contributed by atoms with van der Waals surface area (Å²) in [6, 6.07) is 6.64. The molecule has 7 heteroatoms. The molecule has 0 aliphatic rings. The van der Waals surface area contributed by atoms with Crippen molar-refractivity contribution in [1.29, 1.82) is 0 Å². The second kappa shape index (κ2) is 11.1. The van der Waals surface area contributed by atoms with Gasteiger partial charge in [0.1, 0.15) is 6.04 Å². The average molecular weight is 363 g/mol. The maximum atomic E-state index is 12.3. The topological polar surface area (TPSA) is 96.5 Å². The monoisotopic (exact) mass is 363 g/mol. The number of benzene rings is 1. The number of carbonyl (C=O) groups is 3. The summed E-state index contributed by atoms with van der Waals surface area (Å²) in [6.07, 6.45) is 1.18. The maximum absolute atomic E-state index is 12.3. The van der Waals surface area contributed by atoms with Crippen molar-refractivity contribution in [3.8, 4) is 0 Å². The molecule has 0 radical (unpaired) electrons. The molecule has 0 saturated carbocycles. The lowest BCUT2D eigenvalue weighted by atomic mass is 10.0. The number of carbonyl (C=O) groups excluding carboxylic acids is 3. The summed E-state index contributed by atoms with van der Waals surface area (Å²) >= 11 is 0. The standard InChI is InChI=1S/C19H29N3O4/c1-5-6-17(23)21-15-9-7-14(8-10-15)12-20-18(24)16(11-13(2)3)22-19(25)26-4/h7-10,13,16H,5-6,11-12H2,1-4H3,(H,20,24)(H,21,23)(H,22,25). The van der Waals surface area contributed by atoms with E-state index in [1.807, 2.05) is 32.9 Å². The lowest BCUT2D eigenvalue weighted by molar-refractivity contribution is -0.123. The fraction of sp³-hybridized carbons (Fsp3) is 0.526. The molecule has 0 saturated heterocycles. The van der Waals surface area contributed by atoms with Gasteiger partial charge >= 0.3 is 6.09 Å². The first-order valence-corrected chi connectivity index (χ1v) is 8.86. The number of alkyl carbamates (subject to hydrolysis) is 1. The maximum Gasteiger partial charge on any atom is 0.407 e. The molecule has 0 bridgehead atoms. The third kappa shape index (κ3) is 8.00. The summed E-state index contributed by atoms with van der Waals surface area (Å²) in [4.78, 5) is 35.3. The van der Waals surface area contributed by atoms with Crippen LogP contribution in [0.4, 0.5) is 10.5 Å². The molecule has 1 unspecified atom stereocenters. The van der Waals surface area contributed by atoms with Crippen molar-refractivity contribution in [2.24, 2.45) is 5.92 Å². The second-order valence-corrected chi connectivity index (χ2v) is 6.53. The highest BCUT2D eigenvalue weighted by atomic mass is 16.5. The summed E-state index contributed by atoms with van der Waals surface area (Å²) in [5, 5.41) is 8.19. The van der Waals surface area contributed by atoms with E-state index >= 15 is 0 Å². The van der Waals surface area contributed by atoms with Crippen molar-refractivity contribution >= 4 is 23.6 Å². The van der Waals surface area contributed by atoms with Gasteiger partial charge in [0.2, 0.25) is 11.8 Å². The number of rotatable bonds is 9. The average Bonchev–Trinajstić information content (AvgIpc) is 2.60. The molecule has 3 N–H and O–H groups in total. The van der Waals surface area contributed by atoms with Crippen molar-refractivity contribution < 1.29 is 19.1 Å². The van der Waals surface area contributed by atoms with E-state index in [1.165, 1.54) is 7.11 Å². The van der Waals surface area contributed by atoms with Gasteiger partial charge in [-0.15, -0.1) is 0 Å². The Balaban J connectivity index is 2.58. The smallest absolute Gasteiger partial charge is 0.407 e. The Labute approximate surface area is 154 Å². The summed E-state index contributed by atoms with van der Waals surface area (Å²) in [5.41, 5.74) is 1.62. The predicted molar refractivity (Wildman–Crippen MR) is 101 cm³/mol. The molecule has 1 atom stereocenters. The van der Waals surface area contributed by atoms with Crippen molar-refractivity contribution in [2.75, 3.05) is 12.4 Å². The van der Waals surface area contributed by atoms with Crippen LogP contribution in [0.2, 0.25) is 0 Å². The van der Waals surface area contributed by atoms with Crippen molar-refractivity contribution in [2.45, 2.75) is 52.6 Å². The highest BCUT2D eigenvalue weighted by molar-refractivity contribution is 5.90. The zero-order valence-corrected chi connectivity index (χ0v) is 15.9. The van der Waals surface area contributed by atoms with Gasteiger partial charge in [-0.3, -0.25) is 9.59 Å². The molecule has 1 aromatic rings. The van der Waals surface area contributed by atoms with Gasteiger partial charge in [-0.2, -0.15) is 0 Å². The van der Waals surface area contributed by atoms with Crippen LogP contribution >= 0.6 is 0 Å². The van der Waals surface area contributed by atoms with E-state index in [0.29, 0.717) is 19.4 Å². The number of amides is 3. The number of nitrogens with one attached hydrogen (secondary N) is 3. The lowest BCUT2D eigenvalue weighted by Gasteiger charge is -2.19. The van der Waals surface area contributed by atoms with Crippen LogP contribution in [-0.4, -0.2) is 31.1 Å². The molecule has 3 amide bonds. The van der Waals surface area contributed by atoms with Crippen LogP contribution in [0.5, 0.6) is 0 Å². The molecule has 0 fully saturated rings. The number of hydrogen-bond acceptors (Lipinski definition) is 4. The van der Waals surface area contributed by atoms with Gasteiger partial charge in [0, 0.05) is 18.7 Å². The minimum Gasteiger partial charge on any atom is -0.453 e. The van der Waals surface area contributed by atoms with Crippen LogP contribution in [0.3, 0.4) is 0 Å². The largest absolute Gasteiger partial charge is 0.453 e. The van der Waals surface area contributed by atoms with Gasteiger partial charge in [0.25, 0.3) is 0 Å². The fourth-order valence-electron chi connectivity index (χ4n) is 2.37. The Kier molecular flexibility index (Phi) is 9.19. The summed E-state index contributed by atoms with van der Waals surface area (Å²) < 4.78 is 4.57. The number of anilines is 1. The third-order valence-corrected chi connectivity index (χ3v) is 3.68. The summed E-state index contributed by atoms with van der Waals surface area (Å²) in [6.45, 7) is 6.24. The quantitative estimate of drug-likeness (QED) is 0.628. The first-order chi connectivity index (χ1) is 12.3. The van der Waals surface area contributed by atoms with E-state index in [9.17, 15) is 14.4 Å². The molecule has 0 heterocycles. The molecule has 144 valence electrons. The molecule has 7 nitrogen and oxygen atoms in total. The molecule has 1 rings (SSSR count). The van der Waals surface area contributed by atoms with Crippen molar-refractivity contribution in [3.05, 3.63) is 29.8 Å². The molecular formula is C19H29N3O4. The minimum atomic E-state index is -0.643. The lowest BCUT2D eigenvalue weighted by Crippen LogP contribution is -2.47. The summed E-state index contributed by atoms with van der Waals surface area (Å²) in [5.74, 6) is -0.0303. The zero-order valence-electron chi connectivity index (χ0n) is 15.9.